The molecule has 6 nitrogen and oxygen atoms in total. The maximum atomic E-state index is 12.8. The van der Waals surface area contributed by atoms with Crippen molar-refractivity contribution in [2.75, 3.05) is 13.1 Å². The van der Waals surface area contributed by atoms with Crippen LogP contribution >= 0.6 is 0 Å². The molecule has 3 aliphatic rings. The Morgan fingerprint density at radius 3 is 2.77 bits per heavy atom. The Kier molecular flexibility index (Phi) is 4.96. The molecule has 0 spiro atoms. The molecule has 0 aromatic heterocycles. The van der Waals surface area contributed by atoms with Crippen molar-refractivity contribution in [3.63, 3.8) is 0 Å². The summed E-state index contributed by atoms with van der Waals surface area (Å²) in [7, 11) is 0. The van der Waals surface area contributed by atoms with Gasteiger partial charge in [-0.15, -0.1) is 0 Å². The van der Waals surface area contributed by atoms with Gasteiger partial charge in [-0.3, -0.25) is 15.0 Å². The molecule has 26 heavy (non-hydrogen) atoms. The second-order valence-corrected chi connectivity index (χ2v) is 7.59. The van der Waals surface area contributed by atoms with Crippen molar-refractivity contribution in [2.24, 2.45) is 5.92 Å². The van der Waals surface area contributed by atoms with E-state index in [1.54, 1.807) is 0 Å². The van der Waals surface area contributed by atoms with Gasteiger partial charge in [0.15, 0.2) is 0 Å². The summed E-state index contributed by atoms with van der Waals surface area (Å²) in [6.45, 7) is 4.21. The van der Waals surface area contributed by atoms with Gasteiger partial charge in [-0.05, 0) is 38.2 Å². The fourth-order valence-electron chi connectivity index (χ4n) is 4.87. The molecule has 140 valence electrons. The van der Waals surface area contributed by atoms with Crippen LogP contribution in [0.15, 0.2) is 30.3 Å². The summed E-state index contributed by atoms with van der Waals surface area (Å²) >= 11 is 0. The molecule has 4 rings (SSSR count). The highest BCUT2D eigenvalue weighted by Gasteiger charge is 2.50. The van der Waals surface area contributed by atoms with E-state index in [4.69, 9.17) is 0 Å². The van der Waals surface area contributed by atoms with Crippen LogP contribution in [0.25, 0.3) is 0 Å². The van der Waals surface area contributed by atoms with Crippen LogP contribution in [-0.2, 0) is 16.1 Å². The molecule has 1 aromatic carbocycles. The summed E-state index contributed by atoms with van der Waals surface area (Å²) in [6.07, 6.45) is 3.50. The number of hydrogen-bond acceptors (Lipinski definition) is 4. The number of nitrogens with one attached hydrogen (secondary N) is 2. The van der Waals surface area contributed by atoms with Crippen molar-refractivity contribution < 1.29 is 9.59 Å². The van der Waals surface area contributed by atoms with Crippen LogP contribution in [0, 0.1) is 5.92 Å². The lowest BCUT2D eigenvalue weighted by atomic mass is 9.78. The fourth-order valence-corrected chi connectivity index (χ4v) is 4.87. The van der Waals surface area contributed by atoms with E-state index in [0.29, 0.717) is 12.6 Å². The Balaban J connectivity index is 1.42. The Bertz CT molecular complexity index is 665. The summed E-state index contributed by atoms with van der Waals surface area (Å²) in [5, 5.41) is 5.27. The average Bonchev–Trinajstić information content (AvgIpc) is 3.17. The predicted molar refractivity (Wildman–Crippen MR) is 98.8 cm³/mol. The van der Waals surface area contributed by atoms with Gasteiger partial charge < -0.3 is 10.2 Å². The van der Waals surface area contributed by atoms with Crippen LogP contribution in [0.2, 0.25) is 0 Å². The molecule has 4 unspecified atom stereocenters. The van der Waals surface area contributed by atoms with E-state index in [1.165, 1.54) is 0 Å². The van der Waals surface area contributed by atoms with Crippen LogP contribution in [-0.4, -0.2) is 52.9 Å². The molecular formula is C20H28N4O2. The quantitative estimate of drug-likeness (QED) is 0.853. The third kappa shape index (κ3) is 3.12. The van der Waals surface area contributed by atoms with Crippen molar-refractivity contribution >= 4 is 11.8 Å². The highest BCUT2D eigenvalue weighted by molar-refractivity contribution is 5.84. The number of carbonyl (C=O) groups excluding carboxylic acids is 2. The monoisotopic (exact) mass is 356 g/mol. The van der Waals surface area contributed by atoms with Crippen molar-refractivity contribution in [1.29, 1.82) is 0 Å². The zero-order valence-electron chi connectivity index (χ0n) is 15.4. The lowest BCUT2D eigenvalue weighted by Gasteiger charge is -2.51. The van der Waals surface area contributed by atoms with E-state index in [1.807, 2.05) is 42.2 Å². The van der Waals surface area contributed by atoms with Crippen LogP contribution in [0.3, 0.4) is 0 Å². The van der Waals surface area contributed by atoms with E-state index < -0.39 is 0 Å². The molecule has 1 aliphatic carbocycles. The minimum Gasteiger partial charge on any atom is -0.352 e. The minimum absolute atomic E-state index is 0.0130. The third-order valence-electron chi connectivity index (χ3n) is 6.18. The van der Waals surface area contributed by atoms with E-state index in [-0.39, 0.29) is 29.8 Å². The topological polar surface area (TPSA) is 64.7 Å². The zero-order valence-corrected chi connectivity index (χ0v) is 15.4. The number of carbonyl (C=O) groups is 2. The summed E-state index contributed by atoms with van der Waals surface area (Å²) in [5.41, 5.74) is 4.52. The Labute approximate surface area is 154 Å². The van der Waals surface area contributed by atoms with Gasteiger partial charge in [-0.1, -0.05) is 30.3 Å². The first kappa shape index (κ1) is 17.5. The number of piperazine rings is 1. The minimum atomic E-state index is -0.0142. The number of likely N-dealkylation sites (N-methyl/N-ethyl adjacent to an activating group) is 1. The number of amides is 2. The standard InChI is InChI=1S/C20H28N4O2/c1-2-23-18-12-15(19(25)21-13-14-6-4-3-5-7-14)8-9-16(18)24-17(20(23)26)10-11-22-24/h3-7,15-18,22H,2,8-13H2,1H3,(H,21,25). The lowest BCUT2D eigenvalue weighted by molar-refractivity contribution is -0.155. The summed E-state index contributed by atoms with van der Waals surface area (Å²) in [5.74, 6) is 0.331. The number of benzene rings is 1. The van der Waals surface area contributed by atoms with Crippen molar-refractivity contribution in [3.8, 4) is 0 Å². The van der Waals surface area contributed by atoms with Crippen molar-refractivity contribution in [2.45, 2.75) is 57.3 Å². The van der Waals surface area contributed by atoms with Crippen LogP contribution < -0.4 is 10.7 Å². The van der Waals surface area contributed by atoms with Gasteiger partial charge in [-0.25, -0.2) is 5.01 Å². The van der Waals surface area contributed by atoms with Gasteiger partial charge >= 0.3 is 0 Å². The molecule has 2 N–H and O–H groups in total. The first-order chi connectivity index (χ1) is 12.7. The Morgan fingerprint density at radius 1 is 1.19 bits per heavy atom. The third-order valence-corrected chi connectivity index (χ3v) is 6.18. The number of hydrazine groups is 1. The molecule has 3 fully saturated rings. The van der Waals surface area contributed by atoms with Gasteiger partial charge in [0.05, 0.1) is 0 Å². The van der Waals surface area contributed by atoms with Gasteiger partial charge in [0.2, 0.25) is 11.8 Å². The average molecular weight is 356 g/mol. The second kappa shape index (κ2) is 7.37. The van der Waals surface area contributed by atoms with E-state index >= 15 is 0 Å². The van der Waals surface area contributed by atoms with Gasteiger partial charge in [0, 0.05) is 37.6 Å². The Hall–Kier alpha value is -1.92. The predicted octanol–water partition coefficient (Wildman–Crippen LogP) is 1.28. The number of rotatable bonds is 4. The smallest absolute Gasteiger partial charge is 0.241 e. The highest BCUT2D eigenvalue weighted by Crippen LogP contribution is 2.37. The van der Waals surface area contributed by atoms with E-state index in [2.05, 4.69) is 15.8 Å². The first-order valence-corrected chi connectivity index (χ1v) is 9.83. The zero-order chi connectivity index (χ0) is 18.1. The van der Waals surface area contributed by atoms with Crippen LogP contribution in [0.1, 0.15) is 38.2 Å². The number of fused-ring (bicyclic) bond motifs is 3. The first-order valence-electron chi connectivity index (χ1n) is 9.83. The number of hydrogen-bond donors (Lipinski definition) is 2. The molecule has 1 saturated carbocycles. The molecule has 2 aliphatic heterocycles. The number of nitrogens with zero attached hydrogens (tertiary/aromatic N) is 2. The van der Waals surface area contributed by atoms with Crippen molar-refractivity contribution in [3.05, 3.63) is 35.9 Å². The summed E-state index contributed by atoms with van der Waals surface area (Å²) < 4.78 is 0. The summed E-state index contributed by atoms with van der Waals surface area (Å²) in [4.78, 5) is 27.6. The van der Waals surface area contributed by atoms with E-state index in [0.717, 1.165) is 44.3 Å². The summed E-state index contributed by atoms with van der Waals surface area (Å²) in [6, 6.07) is 10.4. The van der Waals surface area contributed by atoms with Gasteiger partial charge in [0.25, 0.3) is 0 Å². The van der Waals surface area contributed by atoms with E-state index in [9.17, 15) is 9.59 Å². The second-order valence-electron chi connectivity index (χ2n) is 7.59. The molecule has 0 radical (unpaired) electrons. The molecule has 6 heteroatoms. The van der Waals surface area contributed by atoms with Crippen LogP contribution in [0.5, 0.6) is 0 Å². The SMILES string of the molecule is CCN1C(=O)C2CCNN2C2CCC(C(=O)NCc3ccccc3)CC21. The molecule has 1 aromatic rings. The highest BCUT2D eigenvalue weighted by atomic mass is 16.2. The molecule has 2 amide bonds. The Morgan fingerprint density at radius 2 is 2.00 bits per heavy atom. The molecule has 2 saturated heterocycles. The van der Waals surface area contributed by atoms with Gasteiger partial charge in [-0.2, -0.15) is 0 Å². The fraction of sp³-hybridized carbons (Fsp3) is 0.600. The van der Waals surface area contributed by atoms with Crippen molar-refractivity contribution in [1.82, 2.24) is 20.7 Å². The maximum absolute atomic E-state index is 12.8. The molecular weight excluding hydrogens is 328 g/mol. The van der Waals surface area contributed by atoms with Crippen LogP contribution in [0.4, 0.5) is 0 Å². The maximum Gasteiger partial charge on any atom is 0.241 e. The normalized spacial score (nSPS) is 31.4. The molecule has 2 heterocycles. The lowest BCUT2D eigenvalue weighted by Crippen LogP contribution is -2.68. The largest absolute Gasteiger partial charge is 0.352 e. The van der Waals surface area contributed by atoms with Gasteiger partial charge in [0.1, 0.15) is 6.04 Å². The molecule has 4 atom stereocenters. The molecule has 0 bridgehead atoms.